The Bertz CT molecular complexity index is 3480. The van der Waals surface area contributed by atoms with Crippen LogP contribution in [0.3, 0.4) is 0 Å². The molecule has 0 unspecified atom stereocenters. The van der Waals surface area contributed by atoms with Gasteiger partial charge in [0, 0.05) is 67.9 Å². The summed E-state index contributed by atoms with van der Waals surface area (Å²) in [7, 11) is 6.27. The maximum Gasteiger partial charge on any atom is 0.255 e. The number of benzene rings is 4. The molecule has 3 aromatic heterocycles. The summed E-state index contributed by atoms with van der Waals surface area (Å²) in [6.07, 6.45) is 2.94. The van der Waals surface area contributed by atoms with E-state index >= 15 is 0 Å². The first-order chi connectivity index (χ1) is 35.8. The molecule has 12 nitrogen and oxygen atoms in total. The minimum Gasteiger partial charge on any atom is -0.497 e. The number of aryl methyl sites for hydroxylation is 4. The summed E-state index contributed by atoms with van der Waals surface area (Å²) in [6.45, 7) is 17.3. The molecular formula is C62H64N6O6. The van der Waals surface area contributed by atoms with E-state index in [-0.39, 0.29) is 11.8 Å². The Morgan fingerprint density at radius 1 is 0.486 bits per heavy atom. The molecule has 2 aliphatic rings. The van der Waals surface area contributed by atoms with Gasteiger partial charge in [-0.05, 0) is 146 Å². The van der Waals surface area contributed by atoms with Crippen LogP contribution in [0.1, 0.15) is 120 Å². The summed E-state index contributed by atoms with van der Waals surface area (Å²) in [5.41, 5.74) is 21.2. The van der Waals surface area contributed by atoms with Gasteiger partial charge in [-0.2, -0.15) is 0 Å². The Labute approximate surface area is 432 Å². The number of aromatic nitrogens is 4. The standard InChI is InChI=1S/C62H64N6O6/c1-13-43-33(5)57-55(47-21-17-19-23-49(47)67-61(69)37-25-39(71-9)29-40(26-37)72-10)58-35(7)45(15-3)53(65-58)32-54-46(16-4)36(8)60(66-54)56(59-34(6)44(14-2)52(64-59)31-51(43)63-57)48-22-18-20-24-50(48)68-62(70)38-27-41(73-11)30-42(28-38)74-12/h17-32,63,65H,13-16H2,1-12H3,(H,67,69)(H,68,70). The van der Waals surface area contributed by atoms with Gasteiger partial charge in [0.15, 0.2) is 0 Å². The Balaban J connectivity index is 1.37. The molecule has 9 rings (SSSR count). The third-order valence-electron chi connectivity index (χ3n) is 14.6. The van der Waals surface area contributed by atoms with E-state index in [0.717, 1.165) is 137 Å². The van der Waals surface area contributed by atoms with Crippen molar-refractivity contribution in [2.75, 3.05) is 39.1 Å². The molecule has 2 aliphatic heterocycles. The van der Waals surface area contributed by atoms with Gasteiger partial charge in [0.25, 0.3) is 11.8 Å². The molecule has 12 heteroatoms. The normalized spacial score (nSPS) is 12.3. The van der Waals surface area contributed by atoms with Gasteiger partial charge in [0.05, 0.1) is 62.2 Å². The lowest BCUT2D eigenvalue weighted by Gasteiger charge is -2.16. The molecule has 4 aromatic carbocycles. The summed E-state index contributed by atoms with van der Waals surface area (Å²) >= 11 is 0. The fourth-order valence-electron chi connectivity index (χ4n) is 10.7. The van der Waals surface area contributed by atoms with Crippen LogP contribution in [0.2, 0.25) is 0 Å². The van der Waals surface area contributed by atoms with E-state index in [1.54, 1.807) is 64.8 Å². The molecule has 74 heavy (non-hydrogen) atoms. The molecule has 0 fully saturated rings. The molecule has 7 aromatic rings. The number of nitrogens with one attached hydrogen (secondary N) is 4. The molecule has 2 amide bonds. The van der Waals surface area contributed by atoms with Crippen LogP contribution in [0, 0.1) is 13.8 Å². The number of methoxy groups -OCH3 is 4. The smallest absolute Gasteiger partial charge is 0.255 e. The number of aromatic amines is 2. The molecular weight excluding hydrogens is 925 g/mol. The van der Waals surface area contributed by atoms with Crippen molar-refractivity contribution in [1.29, 1.82) is 0 Å². The monoisotopic (exact) mass is 988 g/mol. The number of fused-ring (bicyclic) bond motifs is 8. The van der Waals surface area contributed by atoms with E-state index in [4.69, 9.17) is 28.9 Å². The number of rotatable bonds is 14. The lowest BCUT2D eigenvalue weighted by atomic mass is 9.92. The zero-order valence-corrected chi connectivity index (χ0v) is 44.4. The van der Waals surface area contributed by atoms with Crippen LogP contribution < -0.4 is 29.6 Å². The van der Waals surface area contributed by atoms with E-state index < -0.39 is 0 Å². The van der Waals surface area contributed by atoms with Crippen LogP contribution in [0.4, 0.5) is 11.4 Å². The zero-order valence-electron chi connectivity index (χ0n) is 44.4. The Hall–Kier alpha value is -8.38. The number of para-hydroxylation sites is 2. The average molecular weight is 989 g/mol. The summed E-state index contributed by atoms with van der Waals surface area (Å²) in [4.78, 5) is 47.7. The highest BCUT2D eigenvalue weighted by Crippen LogP contribution is 2.46. The Morgan fingerprint density at radius 3 is 1.20 bits per heavy atom. The summed E-state index contributed by atoms with van der Waals surface area (Å²) in [5, 5.41) is 6.52. The molecule has 8 bridgehead atoms. The van der Waals surface area contributed by atoms with Crippen LogP contribution >= 0.6 is 0 Å². The number of amides is 2. The molecule has 378 valence electrons. The van der Waals surface area contributed by atoms with Crippen molar-refractivity contribution in [3.63, 3.8) is 0 Å². The number of hydrogen-bond donors (Lipinski definition) is 4. The second-order valence-corrected chi connectivity index (χ2v) is 18.6. The Kier molecular flexibility index (Phi) is 14.3. The summed E-state index contributed by atoms with van der Waals surface area (Å²) in [6, 6.07) is 30.5. The van der Waals surface area contributed by atoms with Crippen LogP contribution in [-0.2, 0) is 12.8 Å². The third-order valence-corrected chi connectivity index (χ3v) is 14.6. The number of ether oxygens (including phenoxy) is 4. The van der Waals surface area contributed by atoms with Gasteiger partial charge in [0.2, 0.25) is 0 Å². The SMILES string of the molecule is CCC1=C(C)c2nc1cc1[nH]c(c(C)c1CC)c(-c1ccccc1NC(=O)c1cc(OC)cc(OC)c1)c1[nH]c(cc3nc(c2-c2ccccc2NC(=O)c2cc(OC)cc(OC)c2)C(C)=C3CC)c(CC)c1C. The molecule has 4 N–H and O–H groups in total. The van der Waals surface area contributed by atoms with Crippen molar-refractivity contribution in [2.45, 2.75) is 81.1 Å². The lowest BCUT2D eigenvalue weighted by molar-refractivity contribution is 0.101. The first-order valence-electron chi connectivity index (χ1n) is 25.3. The van der Waals surface area contributed by atoms with Crippen LogP contribution in [0.5, 0.6) is 23.0 Å². The first-order valence-corrected chi connectivity index (χ1v) is 25.3. The van der Waals surface area contributed by atoms with Crippen molar-refractivity contribution in [2.24, 2.45) is 0 Å². The fraction of sp³-hybridized carbons (Fsp3) is 0.258. The van der Waals surface area contributed by atoms with Crippen molar-refractivity contribution in [3.8, 4) is 45.3 Å². The quantitative estimate of drug-likeness (QED) is 0.0840. The maximum absolute atomic E-state index is 14.3. The minimum atomic E-state index is -0.317. The van der Waals surface area contributed by atoms with Gasteiger partial charge in [0.1, 0.15) is 23.0 Å². The maximum atomic E-state index is 14.3. The van der Waals surface area contributed by atoms with Crippen molar-refractivity contribution < 1.29 is 28.5 Å². The van der Waals surface area contributed by atoms with E-state index in [1.807, 2.05) is 42.5 Å². The van der Waals surface area contributed by atoms with Gasteiger partial charge < -0.3 is 39.5 Å². The average Bonchev–Trinajstić information content (AvgIpc) is 4.12. The van der Waals surface area contributed by atoms with Crippen LogP contribution in [-0.4, -0.2) is 60.2 Å². The number of H-pyrrole nitrogens is 2. The van der Waals surface area contributed by atoms with Crippen molar-refractivity contribution >= 4 is 67.5 Å². The summed E-state index contributed by atoms with van der Waals surface area (Å²) in [5.74, 6) is 1.43. The first kappa shape index (κ1) is 50.6. The van der Waals surface area contributed by atoms with E-state index in [2.05, 4.69) is 94.2 Å². The number of carbonyl (C=O) groups excluding carboxylic acids is 2. The third kappa shape index (κ3) is 9.09. The molecule has 0 aliphatic carbocycles. The second kappa shape index (κ2) is 21.0. The predicted octanol–water partition coefficient (Wildman–Crippen LogP) is 14.6. The van der Waals surface area contributed by atoms with Gasteiger partial charge in [-0.3, -0.25) is 9.59 Å². The second-order valence-electron chi connectivity index (χ2n) is 18.6. The molecule has 5 heterocycles. The molecule has 0 saturated heterocycles. The fourth-order valence-corrected chi connectivity index (χ4v) is 10.7. The highest BCUT2D eigenvalue weighted by atomic mass is 16.5. The number of anilines is 2. The number of carbonyl (C=O) groups is 2. The van der Waals surface area contributed by atoms with Gasteiger partial charge in [-0.15, -0.1) is 0 Å². The highest BCUT2D eigenvalue weighted by molar-refractivity contribution is 6.11. The number of nitrogens with zero attached hydrogens (tertiary/aromatic N) is 2. The van der Waals surface area contributed by atoms with E-state index in [0.29, 0.717) is 45.5 Å². The zero-order chi connectivity index (χ0) is 52.5. The van der Waals surface area contributed by atoms with Crippen LogP contribution in [0.25, 0.3) is 66.6 Å². The van der Waals surface area contributed by atoms with Crippen LogP contribution in [0.15, 0.2) is 97.1 Å². The molecule has 0 spiro atoms. The molecule has 0 atom stereocenters. The van der Waals surface area contributed by atoms with E-state index in [1.165, 1.54) is 0 Å². The van der Waals surface area contributed by atoms with E-state index in [9.17, 15) is 9.59 Å². The minimum absolute atomic E-state index is 0.304. The summed E-state index contributed by atoms with van der Waals surface area (Å²) < 4.78 is 22.1. The number of allylic oxidation sites excluding steroid dienone is 4. The van der Waals surface area contributed by atoms with Gasteiger partial charge in [-0.1, -0.05) is 64.1 Å². The molecule has 0 radical (unpaired) electrons. The Morgan fingerprint density at radius 2 is 0.851 bits per heavy atom. The van der Waals surface area contributed by atoms with Crippen molar-refractivity contribution in [1.82, 2.24) is 19.9 Å². The van der Waals surface area contributed by atoms with Gasteiger partial charge >= 0.3 is 0 Å². The highest BCUT2D eigenvalue weighted by Gasteiger charge is 2.29. The topological polar surface area (TPSA) is 152 Å². The van der Waals surface area contributed by atoms with Gasteiger partial charge in [-0.25, -0.2) is 9.97 Å². The lowest BCUT2D eigenvalue weighted by Crippen LogP contribution is -2.13. The molecule has 0 saturated carbocycles. The van der Waals surface area contributed by atoms with Crippen molar-refractivity contribution in [3.05, 3.63) is 153 Å². The predicted molar refractivity (Wildman–Crippen MR) is 301 cm³/mol. The largest absolute Gasteiger partial charge is 0.497 e. The number of hydrogen-bond acceptors (Lipinski definition) is 8.